The summed E-state index contributed by atoms with van der Waals surface area (Å²) < 4.78 is 13.9. The van der Waals surface area contributed by atoms with Gasteiger partial charge < -0.3 is 5.32 Å². The number of hydrogen-bond acceptors (Lipinski definition) is 4. The van der Waals surface area contributed by atoms with Crippen molar-refractivity contribution in [2.75, 3.05) is 11.1 Å². The summed E-state index contributed by atoms with van der Waals surface area (Å²) in [5.74, 6) is 0.362. The molecule has 6 heteroatoms. The number of thioether (sulfide) groups is 1. The van der Waals surface area contributed by atoms with Crippen molar-refractivity contribution in [2.45, 2.75) is 18.2 Å². The predicted octanol–water partition coefficient (Wildman–Crippen LogP) is 4.86. The van der Waals surface area contributed by atoms with Crippen LogP contribution in [0.3, 0.4) is 0 Å². The molecule has 3 aromatic rings. The second-order valence-electron chi connectivity index (χ2n) is 5.02. The molecular weight excluding hydrogens is 331 g/mol. The van der Waals surface area contributed by atoms with Crippen molar-refractivity contribution in [3.63, 3.8) is 0 Å². The summed E-state index contributed by atoms with van der Waals surface area (Å²) in [6.45, 7) is 1.97. The minimum absolute atomic E-state index is 0.0362. The SMILES string of the molecule is Cc1nc2cc(NC(=O)CCSc3ccc(F)cc3)ccc2s1. The molecule has 1 heterocycles. The molecule has 0 aliphatic rings. The van der Waals surface area contributed by atoms with Gasteiger partial charge in [-0.1, -0.05) is 0 Å². The summed E-state index contributed by atoms with van der Waals surface area (Å²) in [5, 5.41) is 3.90. The molecule has 0 aliphatic heterocycles. The van der Waals surface area contributed by atoms with Crippen LogP contribution in [0.4, 0.5) is 10.1 Å². The Hall–Kier alpha value is -1.92. The molecule has 23 heavy (non-hydrogen) atoms. The average molecular weight is 346 g/mol. The van der Waals surface area contributed by atoms with Gasteiger partial charge in [-0.15, -0.1) is 23.1 Å². The van der Waals surface area contributed by atoms with Gasteiger partial charge in [-0.2, -0.15) is 0 Å². The van der Waals surface area contributed by atoms with E-state index in [4.69, 9.17) is 0 Å². The normalized spacial score (nSPS) is 10.9. The van der Waals surface area contributed by atoms with Gasteiger partial charge in [0.1, 0.15) is 5.82 Å². The molecule has 3 rings (SSSR count). The van der Waals surface area contributed by atoms with Gasteiger partial charge in [0.05, 0.1) is 15.2 Å². The van der Waals surface area contributed by atoms with E-state index in [9.17, 15) is 9.18 Å². The highest BCUT2D eigenvalue weighted by Crippen LogP contribution is 2.25. The van der Waals surface area contributed by atoms with E-state index in [1.165, 1.54) is 23.9 Å². The lowest BCUT2D eigenvalue weighted by molar-refractivity contribution is -0.115. The van der Waals surface area contributed by atoms with Crippen molar-refractivity contribution in [1.29, 1.82) is 0 Å². The zero-order valence-electron chi connectivity index (χ0n) is 12.5. The molecular formula is C17H15FN2OS2. The van der Waals surface area contributed by atoms with Crippen LogP contribution >= 0.6 is 23.1 Å². The van der Waals surface area contributed by atoms with E-state index in [1.54, 1.807) is 23.5 Å². The first kappa shape index (κ1) is 16.0. The largest absolute Gasteiger partial charge is 0.326 e. The highest BCUT2D eigenvalue weighted by atomic mass is 32.2. The third kappa shape index (κ3) is 4.30. The number of carbonyl (C=O) groups excluding carboxylic acids is 1. The Balaban J connectivity index is 1.52. The van der Waals surface area contributed by atoms with Crippen molar-refractivity contribution >= 4 is 44.9 Å². The number of anilines is 1. The van der Waals surface area contributed by atoms with Crippen molar-refractivity contribution in [1.82, 2.24) is 4.98 Å². The Morgan fingerprint density at radius 2 is 2.04 bits per heavy atom. The molecule has 0 saturated carbocycles. The number of carbonyl (C=O) groups is 1. The van der Waals surface area contributed by atoms with E-state index in [2.05, 4.69) is 10.3 Å². The third-order valence-electron chi connectivity index (χ3n) is 3.19. The Bertz CT molecular complexity index is 830. The van der Waals surface area contributed by atoms with Crippen LogP contribution in [0.5, 0.6) is 0 Å². The van der Waals surface area contributed by atoms with Gasteiger partial charge >= 0.3 is 0 Å². The zero-order chi connectivity index (χ0) is 16.2. The maximum Gasteiger partial charge on any atom is 0.225 e. The van der Waals surface area contributed by atoms with Crippen molar-refractivity contribution in [3.8, 4) is 0 Å². The molecule has 1 N–H and O–H groups in total. The summed E-state index contributed by atoms with van der Waals surface area (Å²) in [6.07, 6.45) is 0.399. The first-order valence-corrected chi connectivity index (χ1v) is 8.96. The van der Waals surface area contributed by atoms with E-state index in [1.807, 2.05) is 25.1 Å². The van der Waals surface area contributed by atoms with Crippen LogP contribution in [-0.4, -0.2) is 16.6 Å². The molecule has 118 valence electrons. The standard InChI is InChI=1S/C17H15FN2OS2/c1-11-19-15-10-13(4-7-16(15)23-11)20-17(21)8-9-22-14-5-2-12(18)3-6-14/h2-7,10H,8-9H2,1H3,(H,20,21). The number of hydrogen-bond donors (Lipinski definition) is 1. The molecule has 2 aromatic carbocycles. The van der Waals surface area contributed by atoms with Crippen molar-refractivity contribution < 1.29 is 9.18 Å². The van der Waals surface area contributed by atoms with Crippen molar-refractivity contribution in [2.24, 2.45) is 0 Å². The molecule has 1 amide bonds. The van der Waals surface area contributed by atoms with Gasteiger partial charge in [0.25, 0.3) is 0 Å². The van der Waals surface area contributed by atoms with Crippen LogP contribution in [0.15, 0.2) is 47.4 Å². The summed E-state index contributed by atoms with van der Waals surface area (Å²) in [7, 11) is 0. The van der Waals surface area contributed by atoms with Gasteiger partial charge in [-0.3, -0.25) is 4.79 Å². The number of rotatable bonds is 5. The number of nitrogens with zero attached hydrogens (tertiary/aromatic N) is 1. The van der Waals surface area contributed by atoms with Crippen LogP contribution in [0.25, 0.3) is 10.2 Å². The second-order valence-corrected chi connectivity index (χ2v) is 7.42. The Kier molecular flexibility index (Phi) is 4.93. The maximum atomic E-state index is 12.8. The lowest BCUT2D eigenvalue weighted by Crippen LogP contribution is -2.12. The molecule has 0 bridgehead atoms. The van der Waals surface area contributed by atoms with Crippen LogP contribution in [0, 0.1) is 12.7 Å². The van der Waals surface area contributed by atoms with Gasteiger partial charge in [-0.05, 0) is 49.4 Å². The number of benzene rings is 2. The topological polar surface area (TPSA) is 42.0 Å². The number of fused-ring (bicyclic) bond motifs is 1. The monoisotopic (exact) mass is 346 g/mol. The van der Waals surface area contributed by atoms with E-state index in [0.29, 0.717) is 12.2 Å². The van der Waals surface area contributed by atoms with E-state index in [0.717, 1.165) is 25.8 Å². The smallest absolute Gasteiger partial charge is 0.225 e. The van der Waals surface area contributed by atoms with Gasteiger partial charge in [0.2, 0.25) is 5.91 Å². The number of nitrogens with one attached hydrogen (secondary N) is 1. The van der Waals surface area contributed by atoms with Gasteiger partial charge in [0.15, 0.2) is 0 Å². The molecule has 1 aromatic heterocycles. The van der Waals surface area contributed by atoms with E-state index < -0.39 is 0 Å². The Labute approximate surface area is 141 Å². The summed E-state index contributed by atoms with van der Waals surface area (Å²) in [5.41, 5.74) is 1.67. The van der Waals surface area contributed by atoms with Gasteiger partial charge in [0, 0.05) is 22.8 Å². The number of thiazole rings is 1. The number of halogens is 1. The molecule has 3 nitrogen and oxygen atoms in total. The molecule has 0 fully saturated rings. The highest BCUT2D eigenvalue weighted by molar-refractivity contribution is 7.99. The third-order valence-corrected chi connectivity index (χ3v) is 5.16. The fourth-order valence-corrected chi connectivity index (χ4v) is 3.80. The maximum absolute atomic E-state index is 12.8. The highest BCUT2D eigenvalue weighted by Gasteiger charge is 2.06. The minimum atomic E-state index is -0.250. The number of aromatic nitrogens is 1. The zero-order valence-corrected chi connectivity index (χ0v) is 14.1. The fraction of sp³-hybridized carbons (Fsp3) is 0.176. The first-order chi connectivity index (χ1) is 11.1. The molecule has 0 unspecified atom stereocenters. The van der Waals surface area contributed by atoms with Crippen molar-refractivity contribution in [3.05, 3.63) is 53.3 Å². The molecule has 0 saturated heterocycles. The minimum Gasteiger partial charge on any atom is -0.326 e. The van der Waals surface area contributed by atoms with E-state index in [-0.39, 0.29) is 11.7 Å². The van der Waals surface area contributed by atoms with Crippen LogP contribution in [0.2, 0.25) is 0 Å². The molecule has 0 spiro atoms. The summed E-state index contributed by atoms with van der Waals surface area (Å²) in [6, 6.07) is 12.0. The lowest BCUT2D eigenvalue weighted by Gasteiger charge is -2.05. The first-order valence-electron chi connectivity index (χ1n) is 7.15. The number of aryl methyl sites for hydroxylation is 1. The van der Waals surface area contributed by atoms with Gasteiger partial charge in [-0.25, -0.2) is 9.37 Å². The van der Waals surface area contributed by atoms with Crippen LogP contribution in [-0.2, 0) is 4.79 Å². The Morgan fingerprint density at radius 1 is 1.26 bits per heavy atom. The van der Waals surface area contributed by atoms with Crippen LogP contribution in [0.1, 0.15) is 11.4 Å². The lowest BCUT2D eigenvalue weighted by atomic mass is 10.3. The summed E-state index contributed by atoms with van der Waals surface area (Å²) in [4.78, 5) is 17.4. The van der Waals surface area contributed by atoms with E-state index >= 15 is 0 Å². The average Bonchev–Trinajstić information content (AvgIpc) is 2.88. The second kappa shape index (κ2) is 7.10. The molecule has 0 aliphatic carbocycles. The predicted molar refractivity (Wildman–Crippen MR) is 94.7 cm³/mol. The Morgan fingerprint density at radius 3 is 2.83 bits per heavy atom. The van der Waals surface area contributed by atoms with Crippen LogP contribution < -0.4 is 5.32 Å². The molecule has 0 radical (unpaired) electrons. The summed E-state index contributed by atoms with van der Waals surface area (Å²) >= 11 is 3.17. The molecule has 0 atom stereocenters. The quantitative estimate of drug-likeness (QED) is 0.671. The number of amides is 1. The fourth-order valence-electron chi connectivity index (χ4n) is 2.14.